The van der Waals surface area contributed by atoms with E-state index in [0.717, 1.165) is 0 Å². The molecule has 1 atom stereocenters. The second-order valence-electron chi connectivity index (χ2n) is 2.81. The Morgan fingerprint density at radius 1 is 1.60 bits per heavy atom. The summed E-state index contributed by atoms with van der Waals surface area (Å²) in [6, 6.07) is 0. The quantitative estimate of drug-likeness (QED) is 0.555. The minimum Gasteiger partial charge on any atom is -0.472 e. The lowest BCUT2D eigenvalue weighted by atomic mass is 10.1. The normalized spacial score (nSPS) is 25.2. The molecule has 0 N–H and O–H groups in total. The highest BCUT2D eigenvalue weighted by Gasteiger charge is 2.19. The Labute approximate surface area is 61.0 Å². The van der Waals surface area contributed by atoms with E-state index in [2.05, 4.69) is 19.0 Å². The summed E-state index contributed by atoms with van der Waals surface area (Å²) in [4.78, 5) is 4.92. The molecule has 1 heterocycles. The Balaban J connectivity index is 2.45. The van der Waals surface area contributed by atoms with Crippen LogP contribution in [0.5, 0.6) is 0 Å². The summed E-state index contributed by atoms with van der Waals surface area (Å²) < 4.78 is 5.37. The third-order valence-corrected chi connectivity index (χ3v) is 1.50. The van der Waals surface area contributed by atoms with Gasteiger partial charge in [-0.1, -0.05) is 19.0 Å². The molecule has 1 aliphatic heterocycles. The van der Waals surface area contributed by atoms with Crippen molar-refractivity contribution in [3.05, 3.63) is 0 Å². The molecule has 0 saturated carbocycles. The molecule has 1 aliphatic rings. The average molecular weight is 143 g/mol. The van der Waals surface area contributed by atoms with Crippen molar-refractivity contribution in [2.75, 3.05) is 6.61 Å². The molecule has 10 heavy (non-hydrogen) atoms. The van der Waals surface area contributed by atoms with E-state index in [-0.39, 0.29) is 6.10 Å². The summed E-state index contributed by atoms with van der Waals surface area (Å²) in [5.41, 5.74) is 0. The number of nitrogens with zero attached hydrogens (tertiary/aromatic N) is 1. The molecule has 1 unspecified atom stereocenters. The van der Waals surface area contributed by atoms with E-state index in [1.165, 1.54) is 0 Å². The summed E-state index contributed by atoms with van der Waals surface area (Å²) in [6.07, 6.45) is 0.178. The lowest BCUT2D eigenvalue weighted by Gasteiger charge is -2.24. The van der Waals surface area contributed by atoms with Gasteiger partial charge in [-0.05, 0) is 5.92 Å². The number of hydrogen-bond donors (Lipinski definition) is 0. The summed E-state index contributed by atoms with van der Waals surface area (Å²) in [7, 11) is 0. The van der Waals surface area contributed by atoms with Crippen molar-refractivity contribution in [2.24, 2.45) is 11.1 Å². The van der Waals surface area contributed by atoms with Gasteiger partial charge in [0.1, 0.15) is 6.10 Å². The van der Waals surface area contributed by atoms with E-state index in [4.69, 9.17) is 9.57 Å². The average Bonchev–Trinajstić information content (AvgIpc) is 1.88. The van der Waals surface area contributed by atoms with E-state index in [1.54, 1.807) is 6.92 Å². The highest BCUT2D eigenvalue weighted by molar-refractivity contribution is 5.72. The monoisotopic (exact) mass is 143 g/mol. The molecule has 0 fully saturated rings. The predicted octanol–water partition coefficient (Wildman–Crippen LogP) is 1.39. The van der Waals surface area contributed by atoms with Crippen LogP contribution in [0, 0.1) is 5.92 Å². The second kappa shape index (κ2) is 2.90. The molecule has 0 amide bonds. The fourth-order valence-corrected chi connectivity index (χ4v) is 0.805. The Morgan fingerprint density at radius 2 is 2.30 bits per heavy atom. The molecule has 3 nitrogen and oxygen atoms in total. The van der Waals surface area contributed by atoms with E-state index >= 15 is 0 Å². The molecule has 3 heteroatoms. The third-order valence-electron chi connectivity index (χ3n) is 1.50. The van der Waals surface area contributed by atoms with Gasteiger partial charge in [-0.2, -0.15) is 0 Å². The van der Waals surface area contributed by atoms with Crippen LogP contribution in [0.1, 0.15) is 20.8 Å². The molecular weight excluding hydrogens is 130 g/mol. The summed E-state index contributed by atoms with van der Waals surface area (Å²) in [6.45, 7) is 6.59. The van der Waals surface area contributed by atoms with Crippen molar-refractivity contribution in [3.8, 4) is 0 Å². The van der Waals surface area contributed by atoms with E-state index in [0.29, 0.717) is 18.4 Å². The molecule has 0 aromatic heterocycles. The molecule has 0 saturated heterocycles. The molecule has 58 valence electrons. The van der Waals surface area contributed by atoms with Gasteiger partial charge in [0, 0.05) is 6.92 Å². The van der Waals surface area contributed by atoms with Crippen molar-refractivity contribution in [1.29, 1.82) is 0 Å². The van der Waals surface area contributed by atoms with Gasteiger partial charge in [-0.3, -0.25) is 0 Å². The van der Waals surface area contributed by atoms with Crippen molar-refractivity contribution >= 4 is 5.90 Å². The zero-order valence-electron chi connectivity index (χ0n) is 6.63. The SMILES string of the molecule is CC1=NOCC(C(C)C)O1. The van der Waals surface area contributed by atoms with Gasteiger partial charge in [0.15, 0.2) is 6.61 Å². The Bertz CT molecular complexity index is 143. The largest absolute Gasteiger partial charge is 0.472 e. The molecule has 0 spiro atoms. The van der Waals surface area contributed by atoms with Crippen LogP contribution in [-0.2, 0) is 9.57 Å². The fraction of sp³-hybridized carbons (Fsp3) is 0.857. The van der Waals surface area contributed by atoms with Crippen LogP contribution in [0.15, 0.2) is 5.16 Å². The maximum absolute atomic E-state index is 5.37. The molecule has 0 aliphatic carbocycles. The van der Waals surface area contributed by atoms with Crippen molar-refractivity contribution in [3.63, 3.8) is 0 Å². The van der Waals surface area contributed by atoms with Crippen LogP contribution >= 0.6 is 0 Å². The first-order valence-electron chi connectivity index (χ1n) is 3.53. The predicted molar refractivity (Wildman–Crippen MR) is 38.8 cm³/mol. The van der Waals surface area contributed by atoms with Crippen LogP contribution in [0.25, 0.3) is 0 Å². The Hall–Kier alpha value is -0.730. The van der Waals surface area contributed by atoms with Gasteiger partial charge in [0.2, 0.25) is 5.90 Å². The van der Waals surface area contributed by atoms with Gasteiger partial charge in [-0.15, -0.1) is 0 Å². The summed E-state index contributed by atoms with van der Waals surface area (Å²) in [5.74, 6) is 1.12. The van der Waals surface area contributed by atoms with Gasteiger partial charge in [0.25, 0.3) is 0 Å². The highest BCUT2D eigenvalue weighted by atomic mass is 16.7. The first kappa shape index (κ1) is 7.38. The van der Waals surface area contributed by atoms with Gasteiger partial charge in [0.05, 0.1) is 0 Å². The van der Waals surface area contributed by atoms with Crippen molar-refractivity contribution < 1.29 is 9.57 Å². The molecule has 1 rings (SSSR count). The van der Waals surface area contributed by atoms with E-state index in [9.17, 15) is 0 Å². The van der Waals surface area contributed by atoms with Crippen molar-refractivity contribution in [1.82, 2.24) is 0 Å². The lowest BCUT2D eigenvalue weighted by Crippen LogP contribution is -2.30. The van der Waals surface area contributed by atoms with Crippen molar-refractivity contribution in [2.45, 2.75) is 26.9 Å². The third kappa shape index (κ3) is 1.62. The van der Waals surface area contributed by atoms with Crippen LogP contribution in [0.3, 0.4) is 0 Å². The summed E-state index contributed by atoms with van der Waals surface area (Å²) in [5, 5.41) is 3.66. The minimum absolute atomic E-state index is 0.178. The first-order valence-corrected chi connectivity index (χ1v) is 3.53. The highest BCUT2D eigenvalue weighted by Crippen LogP contribution is 2.11. The topological polar surface area (TPSA) is 30.8 Å². The van der Waals surface area contributed by atoms with Crippen LogP contribution in [-0.4, -0.2) is 18.6 Å². The maximum atomic E-state index is 5.37. The standard InChI is InChI=1S/C7H13NO2/c1-5(2)7-4-9-8-6(3)10-7/h5,7H,4H2,1-3H3. The first-order chi connectivity index (χ1) is 4.70. The number of ether oxygens (including phenoxy) is 1. The lowest BCUT2D eigenvalue weighted by molar-refractivity contribution is -0.0122. The minimum atomic E-state index is 0.178. The molecule has 0 radical (unpaired) electrons. The zero-order chi connectivity index (χ0) is 7.56. The number of hydrogen-bond acceptors (Lipinski definition) is 3. The number of oxime groups is 1. The fourth-order valence-electron chi connectivity index (χ4n) is 0.805. The summed E-state index contributed by atoms with van der Waals surface area (Å²) >= 11 is 0. The second-order valence-corrected chi connectivity index (χ2v) is 2.81. The van der Waals surface area contributed by atoms with E-state index in [1.807, 2.05) is 0 Å². The number of rotatable bonds is 1. The van der Waals surface area contributed by atoms with Crippen LogP contribution < -0.4 is 0 Å². The molecule has 0 bridgehead atoms. The Kier molecular flexibility index (Phi) is 2.14. The van der Waals surface area contributed by atoms with Gasteiger partial charge in [-0.25, -0.2) is 0 Å². The van der Waals surface area contributed by atoms with Crippen LogP contribution in [0.4, 0.5) is 0 Å². The smallest absolute Gasteiger partial charge is 0.222 e. The maximum Gasteiger partial charge on any atom is 0.222 e. The van der Waals surface area contributed by atoms with E-state index < -0.39 is 0 Å². The van der Waals surface area contributed by atoms with Gasteiger partial charge >= 0.3 is 0 Å². The Morgan fingerprint density at radius 3 is 2.70 bits per heavy atom. The molecular formula is C7H13NO2. The molecule has 0 aromatic carbocycles. The molecule has 0 aromatic rings. The van der Waals surface area contributed by atoms with Crippen LogP contribution in [0.2, 0.25) is 0 Å². The zero-order valence-corrected chi connectivity index (χ0v) is 6.63. The van der Waals surface area contributed by atoms with Gasteiger partial charge < -0.3 is 9.57 Å².